The van der Waals surface area contributed by atoms with Gasteiger partial charge >= 0.3 is 5.97 Å². The summed E-state index contributed by atoms with van der Waals surface area (Å²) in [6.07, 6.45) is 2.06. The number of aliphatic imine (C=N–C) groups is 1. The molecule has 0 aromatic heterocycles. The average molecular weight is 449 g/mol. The van der Waals surface area contributed by atoms with Gasteiger partial charge in [-0.1, -0.05) is 42.3 Å². The van der Waals surface area contributed by atoms with Crippen molar-refractivity contribution in [1.82, 2.24) is 0 Å². The minimum absolute atomic E-state index is 0.390. The van der Waals surface area contributed by atoms with Crippen LogP contribution in [0, 0.1) is 23.1 Å². The van der Waals surface area contributed by atoms with E-state index in [9.17, 15) is 14.4 Å². The highest BCUT2D eigenvalue weighted by Gasteiger charge is 2.40. The first-order chi connectivity index (χ1) is 13.1. The van der Waals surface area contributed by atoms with Crippen LogP contribution in [0.4, 0.5) is 4.39 Å². The van der Waals surface area contributed by atoms with E-state index in [0.717, 1.165) is 6.42 Å². The van der Waals surface area contributed by atoms with Crippen molar-refractivity contribution < 1.29 is 13.9 Å². The van der Waals surface area contributed by atoms with Crippen molar-refractivity contribution in [3.63, 3.8) is 0 Å². The fourth-order valence-electron chi connectivity index (χ4n) is 3.24. The Morgan fingerprint density at radius 2 is 2.07 bits per heavy atom. The van der Waals surface area contributed by atoms with Crippen LogP contribution < -0.4 is 0 Å². The van der Waals surface area contributed by atoms with Gasteiger partial charge in [0.05, 0.1) is 23.3 Å². The molecule has 0 N–H and O–H groups in total. The topological polar surface area (TPSA) is 62.5 Å². The number of hydrogen-bond donors (Lipinski definition) is 0. The maximum Gasteiger partial charge on any atom is 0.337 e. The standard InChI is InChI=1S/C22H26BrFN2O2/c1-6-8-18-20(21(27)28-22(4,5)7-2)19(16(12-25)13(3)26-18)15-10-9-14(24)11-17(15)23/h9-11,16,19H,6-8H2,1-5H3. The van der Waals surface area contributed by atoms with Gasteiger partial charge in [0.2, 0.25) is 0 Å². The van der Waals surface area contributed by atoms with Crippen LogP contribution in [0.15, 0.2) is 38.9 Å². The zero-order valence-electron chi connectivity index (χ0n) is 17.0. The number of carbonyl (C=O) groups is 1. The van der Waals surface area contributed by atoms with E-state index in [2.05, 4.69) is 27.0 Å². The molecule has 0 radical (unpaired) electrons. The number of rotatable bonds is 6. The number of ether oxygens (including phenoxy) is 1. The molecular formula is C22H26BrFN2O2. The van der Waals surface area contributed by atoms with E-state index < -0.39 is 23.4 Å². The van der Waals surface area contributed by atoms with Crippen LogP contribution in [-0.4, -0.2) is 17.3 Å². The molecule has 6 heteroatoms. The highest BCUT2D eigenvalue weighted by molar-refractivity contribution is 9.10. The lowest BCUT2D eigenvalue weighted by Gasteiger charge is -2.33. The smallest absolute Gasteiger partial charge is 0.337 e. The Kier molecular flexibility index (Phi) is 7.16. The van der Waals surface area contributed by atoms with Crippen LogP contribution in [-0.2, 0) is 9.53 Å². The van der Waals surface area contributed by atoms with E-state index in [-0.39, 0.29) is 5.82 Å². The van der Waals surface area contributed by atoms with E-state index in [4.69, 9.17) is 4.74 Å². The monoisotopic (exact) mass is 448 g/mol. The summed E-state index contributed by atoms with van der Waals surface area (Å²) in [7, 11) is 0. The van der Waals surface area contributed by atoms with Gasteiger partial charge in [-0.05, 0) is 51.3 Å². The molecule has 1 heterocycles. The lowest BCUT2D eigenvalue weighted by molar-refractivity contribution is -0.152. The third-order valence-corrected chi connectivity index (χ3v) is 5.77. The van der Waals surface area contributed by atoms with Crippen LogP contribution >= 0.6 is 15.9 Å². The Labute approximate surface area is 174 Å². The number of carbonyl (C=O) groups excluding carboxylic acids is 1. The zero-order valence-corrected chi connectivity index (χ0v) is 18.6. The first-order valence-electron chi connectivity index (χ1n) is 9.51. The molecule has 0 aliphatic carbocycles. The van der Waals surface area contributed by atoms with Crippen LogP contribution in [0.25, 0.3) is 0 Å². The van der Waals surface area contributed by atoms with Crippen molar-refractivity contribution in [3.8, 4) is 6.07 Å². The zero-order chi connectivity index (χ0) is 21.1. The predicted octanol–water partition coefficient (Wildman–Crippen LogP) is 6.07. The maximum absolute atomic E-state index is 13.7. The summed E-state index contributed by atoms with van der Waals surface area (Å²) >= 11 is 3.41. The van der Waals surface area contributed by atoms with Crippen LogP contribution in [0.2, 0.25) is 0 Å². The second kappa shape index (κ2) is 9.00. The second-order valence-electron chi connectivity index (χ2n) is 7.62. The largest absolute Gasteiger partial charge is 0.456 e. The van der Waals surface area contributed by atoms with Crippen molar-refractivity contribution in [1.29, 1.82) is 5.26 Å². The van der Waals surface area contributed by atoms with Crippen LogP contribution in [0.5, 0.6) is 0 Å². The molecule has 28 heavy (non-hydrogen) atoms. The number of hydrogen-bond acceptors (Lipinski definition) is 4. The molecule has 2 rings (SSSR count). The van der Waals surface area contributed by atoms with Gasteiger partial charge in [-0.25, -0.2) is 9.18 Å². The van der Waals surface area contributed by atoms with Gasteiger partial charge in [-0.3, -0.25) is 4.99 Å². The van der Waals surface area contributed by atoms with Gasteiger partial charge in [0, 0.05) is 16.1 Å². The molecule has 0 fully saturated rings. The Morgan fingerprint density at radius 3 is 2.61 bits per heavy atom. The summed E-state index contributed by atoms with van der Waals surface area (Å²) in [6, 6.07) is 6.59. The number of halogens is 2. The molecule has 1 aromatic carbocycles. The third kappa shape index (κ3) is 4.70. The van der Waals surface area contributed by atoms with E-state index in [1.807, 2.05) is 27.7 Å². The van der Waals surface area contributed by atoms with E-state index in [1.54, 1.807) is 13.0 Å². The van der Waals surface area contributed by atoms with Gasteiger partial charge < -0.3 is 4.74 Å². The van der Waals surface area contributed by atoms with Crippen molar-refractivity contribution in [2.24, 2.45) is 10.9 Å². The fourth-order valence-corrected chi connectivity index (χ4v) is 3.83. The number of esters is 1. The molecule has 0 spiro atoms. The average Bonchev–Trinajstić information content (AvgIpc) is 2.61. The molecule has 1 aliphatic rings. The molecule has 1 aliphatic heterocycles. The molecule has 1 aromatic rings. The molecule has 2 atom stereocenters. The number of allylic oxidation sites excluding steroid dienone is 1. The van der Waals surface area contributed by atoms with Crippen LogP contribution in [0.1, 0.15) is 65.4 Å². The van der Waals surface area contributed by atoms with Gasteiger partial charge in [0.1, 0.15) is 11.4 Å². The lowest BCUT2D eigenvalue weighted by Crippen LogP contribution is -2.34. The summed E-state index contributed by atoms with van der Waals surface area (Å²) in [5, 5.41) is 9.84. The quantitative estimate of drug-likeness (QED) is 0.495. The molecule has 0 bridgehead atoms. The number of benzene rings is 1. The summed E-state index contributed by atoms with van der Waals surface area (Å²) in [5.41, 5.74) is 1.73. The second-order valence-corrected chi connectivity index (χ2v) is 8.47. The molecule has 0 saturated heterocycles. The van der Waals surface area contributed by atoms with Gasteiger partial charge in [-0.15, -0.1) is 0 Å². The molecule has 0 amide bonds. The summed E-state index contributed by atoms with van der Waals surface area (Å²) in [5.74, 6) is -2.05. The number of nitrogens with zero attached hydrogens (tertiary/aromatic N) is 2. The SMILES string of the molecule is CCCC1=C(C(=O)OC(C)(C)CC)C(c2ccc(F)cc2Br)C(C#N)C(C)=N1. The van der Waals surface area contributed by atoms with Gasteiger partial charge in [0.15, 0.2) is 0 Å². The highest BCUT2D eigenvalue weighted by atomic mass is 79.9. The van der Waals surface area contributed by atoms with Gasteiger partial charge in [-0.2, -0.15) is 5.26 Å². The molecule has 150 valence electrons. The van der Waals surface area contributed by atoms with Crippen molar-refractivity contribution in [2.75, 3.05) is 0 Å². The summed E-state index contributed by atoms with van der Waals surface area (Å²) in [4.78, 5) is 17.8. The Morgan fingerprint density at radius 1 is 1.39 bits per heavy atom. The normalized spacial score (nSPS) is 19.9. The Balaban J connectivity index is 2.69. The third-order valence-electron chi connectivity index (χ3n) is 5.08. The predicted molar refractivity (Wildman–Crippen MR) is 111 cm³/mol. The van der Waals surface area contributed by atoms with Gasteiger partial charge in [0.25, 0.3) is 0 Å². The fraction of sp³-hybridized carbons (Fsp3) is 0.500. The van der Waals surface area contributed by atoms with E-state index in [0.29, 0.717) is 39.9 Å². The minimum atomic E-state index is -0.635. The number of nitriles is 1. The molecule has 2 unspecified atom stereocenters. The van der Waals surface area contributed by atoms with Crippen molar-refractivity contribution >= 4 is 27.6 Å². The molecule has 4 nitrogen and oxygen atoms in total. The van der Waals surface area contributed by atoms with Crippen molar-refractivity contribution in [3.05, 3.63) is 45.3 Å². The maximum atomic E-state index is 13.7. The first-order valence-corrected chi connectivity index (χ1v) is 10.3. The Hall–Kier alpha value is -2.00. The first kappa shape index (κ1) is 22.3. The molecule has 0 saturated carbocycles. The van der Waals surface area contributed by atoms with E-state index >= 15 is 0 Å². The lowest BCUT2D eigenvalue weighted by atomic mass is 9.75. The highest BCUT2D eigenvalue weighted by Crippen LogP contribution is 2.43. The molecular weight excluding hydrogens is 423 g/mol. The summed E-state index contributed by atoms with van der Waals surface area (Å²) < 4.78 is 20.0. The minimum Gasteiger partial charge on any atom is -0.456 e. The summed E-state index contributed by atoms with van der Waals surface area (Å²) in [6.45, 7) is 9.46. The Bertz CT molecular complexity index is 868. The van der Waals surface area contributed by atoms with E-state index in [1.165, 1.54) is 12.1 Å². The van der Waals surface area contributed by atoms with Crippen molar-refractivity contribution in [2.45, 2.75) is 65.4 Å². The van der Waals surface area contributed by atoms with Crippen LogP contribution in [0.3, 0.4) is 0 Å².